The van der Waals surface area contributed by atoms with Gasteiger partial charge in [-0.05, 0) is 11.6 Å². The van der Waals surface area contributed by atoms with Gasteiger partial charge in [-0.3, -0.25) is 0 Å². The summed E-state index contributed by atoms with van der Waals surface area (Å²) in [7, 11) is 0. The van der Waals surface area contributed by atoms with Gasteiger partial charge >= 0.3 is 372 Å². The Labute approximate surface area is 440 Å². The van der Waals surface area contributed by atoms with Gasteiger partial charge in [0.25, 0.3) is 0 Å². The number of rotatable bonds is 7. The number of aromatic nitrogens is 3. The Morgan fingerprint density at radius 1 is 0.562 bits per heavy atom. The van der Waals surface area contributed by atoms with Crippen LogP contribution in [0.3, 0.4) is 0 Å². The Morgan fingerprint density at radius 2 is 1.19 bits per heavy atom. The van der Waals surface area contributed by atoms with E-state index in [4.69, 9.17) is 13.8 Å². The molecule has 0 unspecified atom stereocenters. The number of fused-ring (bicyclic) bond motifs is 10. The zero-order chi connectivity index (χ0) is 51.6. The van der Waals surface area contributed by atoms with E-state index in [1.807, 2.05) is 42.5 Å². The molecule has 0 saturated carbocycles. The normalized spacial score (nSPS) is 13.7. The van der Waals surface area contributed by atoms with E-state index in [0.717, 1.165) is 93.2 Å². The van der Waals surface area contributed by atoms with Gasteiger partial charge in [0, 0.05) is 11.3 Å². The van der Waals surface area contributed by atoms with Crippen LogP contribution in [-0.4, -0.2) is 21.1 Å². The molecule has 0 fully saturated rings. The van der Waals surface area contributed by atoms with Crippen LogP contribution in [-0.2, 0) is 24.8 Å². The van der Waals surface area contributed by atoms with Gasteiger partial charge in [0.15, 0.2) is 0 Å². The predicted octanol–water partition coefficient (Wildman–Crippen LogP) is 15.5. The Kier molecular flexibility index (Phi) is 9.21. The van der Waals surface area contributed by atoms with Gasteiger partial charge in [-0.1, -0.05) is 30.3 Å². The van der Waals surface area contributed by atoms with Gasteiger partial charge in [-0.2, -0.15) is 12.1 Å². The zero-order valence-corrected chi connectivity index (χ0v) is 42.4. The van der Waals surface area contributed by atoms with E-state index < -0.39 is 6.85 Å². The maximum atomic E-state index is 8.74. The molecule has 6 nitrogen and oxygen atoms in total. The van der Waals surface area contributed by atoms with Crippen LogP contribution in [0.15, 0.2) is 206 Å². The topological polar surface area (TPSA) is 38.5 Å². The molecule has 8 heteroatoms. The number of hydrogen-bond donors (Lipinski definition) is 0. The summed E-state index contributed by atoms with van der Waals surface area (Å²) >= 11 is 2.46. The first-order valence-corrected chi connectivity index (χ1v) is 25.7. The molecule has 73 heavy (non-hydrogen) atoms. The van der Waals surface area contributed by atoms with Gasteiger partial charge in [-0.25, -0.2) is 0 Å². The van der Waals surface area contributed by atoms with Crippen molar-refractivity contribution in [2.45, 2.75) is 33.0 Å². The Bertz CT molecular complexity index is 4240. The quantitative estimate of drug-likeness (QED) is 0.118. The first kappa shape index (κ1) is 40.4. The molecule has 3 aliphatic rings. The fourth-order valence-electron chi connectivity index (χ4n) is 11.3. The molecule has 3 aliphatic heterocycles. The number of anilines is 4. The molecule has 0 spiro atoms. The second-order valence-electron chi connectivity index (χ2n) is 19.9. The fourth-order valence-corrected chi connectivity index (χ4v) is 12.4. The van der Waals surface area contributed by atoms with E-state index in [1.165, 1.54) is 5.56 Å². The van der Waals surface area contributed by atoms with Crippen molar-refractivity contribution < 1.29 is 28.2 Å². The molecule has 9 aromatic carbocycles. The van der Waals surface area contributed by atoms with Crippen LogP contribution in [0, 0.1) is 22.8 Å². The van der Waals surface area contributed by atoms with Gasteiger partial charge in [0.05, 0.1) is 0 Å². The van der Waals surface area contributed by atoms with Crippen molar-refractivity contribution in [3.05, 3.63) is 233 Å². The summed E-state index contributed by atoms with van der Waals surface area (Å²) in [6.07, 6.45) is 0. The number of para-hydroxylation sites is 5. The van der Waals surface area contributed by atoms with Gasteiger partial charge in [0.1, 0.15) is 0 Å². The average Bonchev–Trinajstić information content (AvgIpc) is 4.17. The molecule has 0 aliphatic carbocycles. The second kappa shape index (κ2) is 16.7. The average molecular weight is 1120 g/mol. The minimum absolute atomic E-state index is 0.0134. The van der Waals surface area contributed by atoms with E-state index >= 15 is 0 Å². The number of aryl methyl sites for hydroxylation is 1. The van der Waals surface area contributed by atoms with E-state index in [0.29, 0.717) is 22.7 Å². The number of imidazole rings is 1. The standard InChI is InChI=1S/C65H46BN5O.Pt/c1-42-19-8-9-24-48(42)55-40-54-53-29-18-28-52-51-25-10-11-30-56(51)70-59-33-14-15-34-60(59)71(66(70)61(52)53)63(54)67-64(55)72-47-23-16-22-46(39-47)68-41-69(58-32-13-12-31-57(58)68)62-49(43-20-6-5-7-21-43)26-17-27-50(62)44-35-37-45(38-36-44)65(2,3)4;/h5-33,35-38,40H,1-4H3;/q-2;/i1D3;. The van der Waals surface area contributed by atoms with Gasteiger partial charge < -0.3 is 0 Å². The number of hydrogen-bond acceptors (Lipinski definition) is 4. The molecule has 14 rings (SSSR count). The molecule has 0 N–H and O–H groups in total. The van der Waals surface area contributed by atoms with Crippen LogP contribution >= 0.6 is 0 Å². The summed E-state index contributed by atoms with van der Waals surface area (Å²) in [5.41, 5.74) is 19.2. The van der Waals surface area contributed by atoms with Crippen molar-refractivity contribution in [1.29, 1.82) is 0 Å². The van der Waals surface area contributed by atoms with E-state index in [9.17, 15) is 0 Å². The van der Waals surface area contributed by atoms with Crippen LogP contribution in [0.4, 0.5) is 22.9 Å². The minimum atomic E-state index is -2.42. The Morgan fingerprint density at radius 3 is 1.96 bits per heavy atom. The SMILES string of the molecule is [2H]C([2H])([2H])c1ccccc1-c1cc2c(nc1Oc1[c-]c(-n3[c](=[Pt])n(-c4c(-c5ccccc5)cccc4-c4ccc(C(C)(C)C)cc4)c4ccccc43)ccc1)N1B3c4c(cccc4-2)-c2ccccc2N3c2ccc[c-]c21. The molecule has 0 radical (unpaired) electrons. The Hall–Kier alpha value is -8.25. The maximum absolute atomic E-state index is 8.74. The number of pyridine rings is 1. The van der Waals surface area contributed by atoms with Crippen molar-refractivity contribution in [3.63, 3.8) is 0 Å². The molecular formula is C65H46BN5OPt-2. The summed E-state index contributed by atoms with van der Waals surface area (Å²) in [5, 5.41) is 0. The first-order valence-electron chi connectivity index (χ1n) is 26.1. The van der Waals surface area contributed by atoms with Crippen LogP contribution < -0.4 is 19.8 Å². The molecular weight excluding hydrogens is 1070 g/mol. The summed E-state index contributed by atoms with van der Waals surface area (Å²) < 4.78 is 38.8. The fraction of sp³-hybridized carbons (Fsp3) is 0.0769. The molecule has 352 valence electrons. The van der Waals surface area contributed by atoms with Crippen molar-refractivity contribution in [2.75, 3.05) is 9.62 Å². The molecule has 11 aromatic rings. The summed E-state index contributed by atoms with van der Waals surface area (Å²) in [6, 6.07) is 78.2. The van der Waals surface area contributed by atoms with E-state index in [2.05, 4.69) is 223 Å². The predicted molar refractivity (Wildman–Crippen MR) is 295 cm³/mol. The summed E-state index contributed by atoms with van der Waals surface area (Å²) in [5.74, 6) is 1.37. The third-order valence-corrected chi connectivity index (χ3v) is 15.7. The van der Waals surface area contributed by atoms with Crippen LogP contribution in [0.25, 0.3) is 78.0 Å². The van der Waals surface area contributed by atoms with E-state index in [1.54, 1.807) is 12.1 Å². The van der Waals surface area contributed by atoms with Crippen molar-refractivity contribution in [3.8, 4) is 78.6 Å². The molecule has 0 bridgehead atoms. The van der Waals surface area contributed by atoms with Crippen LogP contribution in [0.2, 0.25) is 0 Å². The Balaban J connectivity index is 0.960. The zero-order valence-electron chi connectivity index (χ0n) is 43.2. The van der Waals surface area contributed by atoms with Crippen LogP contribution in [0.5, 0.6) is 11.6 Å². The monoisotopic (exact) mass is 1120 g/mol. The third-order valence-electron chi connectivity index (χ3n) is 14.6. The summed E-state index contributed by atoms with van der Waals surface area (Å²) in [4.78, 5) is 10.2. The number of benzene rings is 9. The number of nitrogens with zero attached hydrogens (tertiary/aromatic N) is 5. The molecule has 0 amide bonds. The van der Waals surface area contributed by atoms with Crippen LogP contribution in [0.1, 0.15) is 36.0 Å². The molecule has 0 atom stereocenters. The van der Waals surface area contributed by atoms with Gasteiger partial charge in [0.2, 0.25) is 0 Å². The molecule has 2 aromatic heterocycles. The van der Waals surface area contributed by atoms with Crippen molar-refractivity contribution >= 4 is 46.4 Å². The second-order valence-corrected chi connectivity index (χ2v) is 20.9. The summed E-state index contributed by atoms with van der Waals surface area (Å²) in [6.45, 7) is 4.07. The van der Waals surface area contributed by atoms with Gasteiger partial charge in [-0.15, -0.1) is 6.07 Å². The van der Waals surface area contributed by atoms with Crippen molar-refractivity contribution in [2.24, 2.45) is 0 Å². The molecule has 0 saturated heterocycles. The van der Waals surface area contributed by atoms with Crippen molar-refractivity contribution in [1.82, 2.24) is 14.1 Å². The first-order chi connectivity index (χ1) is 36.9. The number of ether oxygens (including phenoxy) is 1. The van der Waals surface area contributed by atoms with E-state index in [-0.39, 0.29) is 23.8 Å². The molecule has 5 heterocycles. The third kappa shape index (κ3) is 6.75.